The Balaban J connectivity index is 2.20. The minimum Gasteiger partial charge on any atom is -0.267 e. The number of amides is 2. The predicted molar refractivity (Wildman–Crippen MR) is 65.4 cm³/mol. The fourth-order valence-corrected chi connectivity index (χ4v) is 1.42. The van der Waals surface area contributed by atoms with Gasteiger partial charge >= 0.3 is 0 Å². The van der Waals surface area contributed by atoms with Crippen molar-refractivity contribution in [3.05, 3.63) is 66.0 Å². The quantitative estimate of drug-likeness (QED) is 0.371. The molecular weight excluding hydrogens is 230 g/mol. The maximum atomic E-state index is 11.9. The van der Waals surface area contributed by atoms with Crippen molar-refractivity contribution in [3.8, 4) is 0 Å². The summed E-state index contributed by atoms with van der Waals surface area (Å²) < 4.78 is 0. The molecular formula is C13H11N3O2. The molecule has 2 N–H and O–H groups in total. The first kappa shape index (κ1) is 11.9. The van der Waals surface area contributed by atoms with Gasteiger partial charge in [-0.3, -0.25) is 14.6 Å². The highest BCUT2D eigenvalue weighted by molar-refractivity contribution is 6.08. The molecule has 5 nitrogen and oxygen atoms in total. The van der Waals surface area contributed by atoms with Crippen LogP contribution < -0.4 is 5.84 Å². The third kappa shape index (κ3) is 2.41. The molecule has 0 aliphatic heterocycles. The zero-order valence-corrected chi connectivity index (χ0v) is 9.48. The maximum absolute atomic E-state index is 11.9. The molecule has 0 unspecified atom stereocenters. The molecule has 0 fully saturated rings. The summed E-state index contributed by atoms with van der Waals surface area (Å²) in [7, 11) is 0. The molecule has 0 aliphatic carbocycles. The molecule has 5 heteroatoms. The summed E-state index contributed by atoms with van der Waals surface area (Å²) in [4.78, 5) is 27.6. The van der Waals surface area contributed by atoms with Crippen LogP contribution in [0.3, 0.4) is 0 Å². The lowest BCUT2D eigenvalue weighted by Gasteiger charge is -2.13. The molecule has 1 aromatic carbocycles. The van der Waals surface area contributed by atoms with Crippen molar-refractivity contribution in [2.24, 2.45) is 5.84 Å². The van der Waals surface area contributed by atoms with E-state index in [4.69, 9.17) is 5.84 Å². The summed E-state index contributed by atoms with van der Waals surface area (Å²) in [6, 6.07) is 13.2. The Kier molecular flexibility index (Phi) is 3.45. The smallest absolute Gasteiger partial charge is 0.267 e. The maximum Gasteiger partial charge on any atom is 0.293 e. The third-order valence-corrected chi connectivity index (χ3v) is 2.34. The Morgan fingerprint density at radius 2 is 1.61 bits per heavy atom. The molecule has 0 saturated carbocycles. The second-order valence-electron chi connectivity index (χ2n) is 3.56. The van der Waals surface area contributed by atoms with Gasteiger partial charge in [0.1, 0.15) is 5.69 Å². The van der Waals surface area contributed by atoms with Gasteiger partial charge in [-0.1, -0.05) is 24.3 Å². The first-order chi connectivity index (χ1) is 8.70. The summed E-state index contributed by atoms with van der Waals surface area (Å²) in [5.74, 6) is 4.32. The summed E-state index contributed by atoms with van der Waals surface area (Å²) in [6.07, 6.45) is 1.47. The minimum absolute atomic E-state index is 0.129. The van der Waals surface area contributed by atoms with E-state index >= 15 is 0 Å². The first-order valence-electron chi connectivity index (χ1n) is 5.29. The van der Waals surface area contributed by atoms with Crippen LogP contribution in [0.4, 0.5) is 0 Å². The van der Waals surface area contributed by atoms with Gasteiger partial charge in [-0.15, -0.1) is 0 Å². The van der Waals surface area contributed by atoms with Crippen LogP contribution in [0.25, 0.3) is 0 Å². The summed E-state index contributed by atoms with van der Waals surface area (Å²) in [5, 5.41) is 0.567. The molecule has 0 spiro atoms. The van der Waals surface area contributed by atoms with Crippen LogP contribution in [0.5, 0.6) is 0 Å². The fourth-order valence-electron chi connectivity index (χ4n) is 1.42. The van der Waals surface area contributed by atoms with Crippen molar-refractivity contribution < 1.29 is 9.59 Å². The van der Waals surface area contributed by atoms with Crippen LogP contribution >= 0.6 is 0 Å². The van der Waals surface area contributed by atoms with E-state index in [-0.39, 0.29) is 5.69 Å². The Labute approximate surface area is 104 Å². The van der Waals surface area contributed by atoms with E-state index in [2.05, 4.69) is 4.98 Å². The van der Waals surface area contributed by atoms with E-state index in [1.807, 2.05) is 0 Å². The highest BCUT2D eigenvalue weighted by Crippen LogP contribution is 2.05. The molecule has 18 heavy (non-hydrogen) atoms. The van der Waals surface area contributed by atoms with Crippen LogP contribution in [0.1, 0.15) is 20.8 Å². The average molecular weight is 241 g/mol. The predicted octanol–water partition coefficient (Wildman–Crippen LogP) is 1.24. The van der Waals surface area contributed by atoms with Gasteiger partial charge in [-0.2, -0.15) is 0 Å². The second-order valence-corrected chi connectivity index (χ2v) is 3.56. The second kappa shape index (κ2) is 5.20. The fraction of sp³-hybridized carbons (Fsp3) is 0. The van der Waals surface area contributed by atoms with E-state index in [1.165, 1.54) is 12.3 Å². The molecule has 1 aromatic heterocycles. The number of imide groups is 1. The number of nitrogens with zero attached hydrogens (tertiary/aromatic N) is 2. The lowest BCUT2D eigenvalue weighted by atomic mass is 10.2. The summed E-state index contributed by atoms with van der Waals surface area (Å²) in [6.45, 7) is 0. The molecule has 2 amide bonds. The van der Waals surface area contributed by atoms with E-state index < -0.39 is 11.8 Å². The molecule has 1 heterocycles. The number of carbonyl (C=O) groups is 2. The van der Waals surface area contributed by atoms with Gasteiger partial charge in [0, 0.05) is 11.8 Å². The summed E-state index contributed by atoms with van der Waals surface area (Å²) in [5.41, 5.74) is 0.480. The topological polar surface area (TPSA) is 76.3 Å². The van der Waals surface area contributed by atoms with Gasteiger partial charge in [0.15, 0.2) is 0 Å². The van der Waals surface area contributed by atoms with Gasteiger partial charge in [-0.05, 0) is 24.3 Å². The Morgan fingerprint density at radius 3 is 2.22 bits per heavy atom. The first-order valence-corrected chi connectivity index (χ1v) is 5.29. The lowest BCUT2D eigenvalue weighted by Crippen LogP contribution is -2.42. The van der Waals surface area contributed by atoms with Crippen molar-refractivity contribution in [2.75, 3.05) is 0 Å². The van der Waals surface area contributed by atoms with Crippen LogP contribution in [0.15, 0.2) is 54.7 Å². The summed E-state index contributed by atoms with van der Waals surface area (Å²) >= 11 is 0. The Hall–Kier alpha value is -2.53. The van der Waals surface area contributed by atoms with Gasteiger partial charge in [0.2, 0.25) is 0 Å². The van der Waals surface area contributed by atoms with Gasteiger partial charge in [0.25, 0.3) is 11.8 Å². The molecule has 0 saturated heterocycles. The van der Waals surface area contributed by atoms with Crippen LogP contribution in [0, 0.1) is 0 Å². The highest BCUT2D eigenvalue weighted by atomic mass is 16.2. The van der Waals surface area contributed by atoms with Crippen molar-refractivity contribution in [3.63, 3.8) is 0 Å². The number of hydrogen-bond acceptors (Lipinski definition) is 4. The SMILES string of the molecule is NN(C(=O)c1ccccc1)C(=O)c1ccccn1. The molecule has 2 aromatic rings. The molecule has 2 rings (SSSR count). The molecule has 0 radical (unpaired) electrons. The Morgan fingerprint density at radius 1 is 0.944 bits per heavy atom. The number of rotatable bonds is 2. The van der Waals surface area contributed by atoms with Crippen LogP contribution in [-0.2, 0) is 0 Å². The van der Waals surface area contributed by atoms with Gasteiger partial charge in [-0.25, -0.2) is 10.9 Å². The Bertz CT molecular complexity index is 503. The molecule has 90 valence electrons. The third-order valence-electron chi connectivity index (χ3n) is 2.34. The van der Waals surface area contributed by atoms with Crippen molar-refractivity contribution in [2.45, 2.75) is 0 Å². The van der Waals surface area contributed by atoms with E-state index in [1.54, 1.807) is 42.5 Å². The molecule has 0 atom stereocenters. The number of aromatic nitrogens is 1. The van der Waals surface area contributed by atoms with Crippen molar-refractivity contribution in [1.82, 2.24) is 9.99 Å². The van der Waals surface area contributed by atoms with E-state index in [0.29, 0.717) is 10.6 Å². The normalized spacial score (nSPS) is 9.83. The zero-order valence-electron chi connectivity index (χ0n) is 9.48. The van der Waals surface area contributed by atoms with Crippen LogP contribution in [-0.4, -0.2) is 21.8 Å². The molecule has 0 aliphatic rings. The average Bonchev–Trinajstić information content (AvgIpc) is 2.47. The monoisotopic (exact) mass is 241 g/mol. The lowest BCUT2D eigenvalue weighted by molar-refractivity contribution is 0.0612. The van der Waals surface area contributed by atoms with Crippen LogP contribution in [0.2, 0.25) is 0 Å². The van der Waals surface area contributed by atoms with Gasteiger partial charge in [0.05, 0.1) is 0 Å². The largest absolute Gasteiger partial charge is 0.293 e. The van der Waals surface area contributed by atoms with E-state index in [9.17, 15) is 9.59 Å². The van der Waals surface area contributed by atoms with Crippen molar-refractivity contribution in [1.29, 1.82) is 0 Å². The number of hydrogen-bond donors (Lipinski definition) is 1. The van der Waals surface area contributed by atoms with Crippen molar-refractivity contribution >= 4 is 11.8 Å². The number of hydrazine groups is 1. The number of benzene rings is 1. The standard InChI is InChI=1S/C13H11N3O2/c14-16(12(17)10-6-2-1-3-7-10)13(18)11-8-4-5-9-15-11/h1-9H,14H2. The highest BCUT2D eigenvalue weighted by Gasteiger charge is 2.21. The number of carbonyl (C=O) groups excluding carboxylic acids is 2. The number of nitrogens with two attached hydrogens (primary N) is 1. The minimum atomic E-state index is -0.635. The molecule has 0 bridgehead atoms. The zero-order chi connectivity index (χ0) is 13.0. The number of pyridine rings is 1. The van der Waals surface area contributed by atoms with Gasteiger partial charge < -0.3 is 0 Å². The van der Waals surface area contributed by atoms with E-state index in [0.717, 1.165) is 0 Å².